The van der Waals surface area contributed by atoms with E-state index in [9.17, 15) is 20.4 Å². The molecule has 0 rings (SSSR count). The molecule has 6 nitrogen and oxygen atoms in total. The average molecular weight is 349 g/mol. The molecule has 0 saturated heterocycles. The first kappa shape index (κ1) is 23.8. The molecule has 0 aromatic heterocycles. The van der Waals surface area contributed by atoms with Crippen LogP contribution in [-0.2, 0) is 0 Å². The Bertz CT molecular complexity index is 313. The van der Waals surface area contributed by atoms with Crippen LogP contribution in [-0.4, -0.2) is 66.2 Å². The maximum atomic E-state index is 10.7. The fourth-order valence-corrected chi connectivity index (χ4v) is 2.96. The van der Waals surface area contributed by atoms with Crippen molar-refractivity contribution in [2.75, 3.05) is 13.1 Å². The molecule has 0 aromatic carbocycles. The van der Waals surface area contributed by atoms with Gasteiger partial charge >= 0.3 is 0 Å². The van der Waals surface area contributed by atoms with Gasteiger partial charge < -0.3 is 20.4 Å². The summed E-state index contributed by atoms with van der Waals surface area (Å²) in [5, 5.41) is 42.8. The summed E-state index contributed by atoms with van der Waals surface area (Å²) in [6.45, 7) is 14.8. The first-order chi connectivity index (χ1) is 10.7. The molecule has 4 atom stereocenters. The minimum Gasteiger partial charge on any atom is -0.376 e. The van der Waals surface area contributed by atoms with Gasteiger partial charge in [-0.15, -0.1) is 0 Å². The Kier molecular flexibility index (Phi) is 8.34. The quantitative estimate of drug-likeness (QED) is 0.428. The molecule has 0 aliphatic rings. The molecule has 0 heterocycles. The van der Waals surface area contributed by atoms with Gasteiger partial charge in [-0.25, -0.2) is 9.80 Å². The summed E-state index contributed by atoms with van der Waals surface area (Å²) in [5.74, 6) is 0. The standard InChI is InChI=1S/C18H40N2O4/c1-9-15(5,21)19(16(6,22)10-2)13-14-20(17(7,23)11-3)18(8,24)12-4/h21-24H,9-14H2,1-8H3. The molecule has 0 spiro atoms. The van der Waals surface area contributed by atoms with Crippen LogP contribution in [0.15, 0.2) is 0 Å². The highest BCUT2D eigenvalue weighted by Gasteiger charge is 2.43. The second-order valence-electron chi connectivity index (χ2n) is 7.59. The predicted molar refractivity (Wildman–Crippen MR) is 97.1 cm³/mol. The topological polar surface area (TPSA) is 87.4 Å². The third-order valence-electron chi connectivity index (χ3n) is 5.55. The zero-order chi connectivity index (χ0) is 19.4. The molecule has 0 aliphatic heterocycles. The Balaban J connectivity index is 5.56. The number of aliphatic hydroxyl groups is 4. The Hall–Kier alpha value is -0.240. The second-order valence-corrected chi connectivity index (χ2v) is 7.59. The molecule has 24 heavy (non-hydrogen) atoms. The van der Waals surface area contributed by atoms with Gasteiger partial charge in [-0.2, -0.15) is 0 Å². The summed E-state index contributed by atoms with van der Waals surface area (Å²) in [4.78, 5) is 3.29. The van der Waals surface area contributed by atoms with Crippen molar-refractivity contribution in [1.82, 2.24) is 9.80 Å². The molecule has 0 aliphatic carbocycles. The Labute approximate surface area is 148 Å². The van der Waals surface area contributed by atoms with E-state index in [2.05, 4.69) is 0 Å². The van der Waals surface area contributed by atoms with Crippen molar-refractivity contribution < 1.29 is 20.4 Å². The van der Waals surface area contributed by atoms with Crippen LogP contribution in [0.1, 0.15) is 81.1 Å². The largest absolute Gasteiger partial charge is 0.376 e. The minimum absolute atomic E-state index is 0.313. The third kappa shape index (κ3) is 5.64. The van der Waals surface area contributed by atoms with Crippen molar-refractivity contribution in [1.29, 1.82) is 0 Å². The fraction of sp³-hybridized carbons (Fsp3) is 1.00. The molecule has 0 saturated carbocycles. The molecule has 146 valence electrons. The summed E-state index contributed by atoms with van der Waals surface area (Å²) >= 11 is 0. The van der Waals surface area contributed by atoms with Gasteiger partial charge in [-0.05, 0) is 53.4 Å². The van der Waals surface area contributed by atoms with Crippen molar-refractivity contribution in [3.05, 3.63) is 0 Å². The maximum Gasteiger partial charge on any atom is 0.117 e. The van der Waals surface area contributed by atoms with Crippen LogP contribution in [0.3, 0.4) is 0 Å². The van der Waals surface area contributed by atoms with Gasteiger partial charge in [0.05, 0.1) is 0 Å². The van der Waals surface area contributed by atoms with E-state index in [-0.39, 0.29) is 0 Å². The van der Waals surface area contributed by atoms with Crippen LogP contribution in [0.2, 0.25) is 0 Å². The number of rotatable bonds is 11. The monoisotopic (exact) mass is 348 g/mol. The first-order valence-corrected chi connectivity index (χ1v) is 9.16. The maximum absolute atomic E-state index is 10.7. The molecule has 4 N–H and O–H groups in total. The molecule has 6 heteroatoms. The van der Waals surface area contributed by atoms with E-state index in [1.54, 1.807) is 37.5 Å². The highest BCUT2D eigenvalue weighted by molar-refractivity contribution is 4.88. The normalized spacial score (nSPS) is 22.8. The van der Waals surface area contributed by atoms with Gasteiger partial charge in [0.1, 0.15) is 22.9 Å². The Morgan fingerprint density at radius 1 is 0.500 bits per heavy atom. The Morgan fingerprint density at radius 2 is 0.667 bits per heavy atom. The Morgan fingerprint density at radius 3 is 0.792 bits per heavy atom. The van der Waals surface area contributed by atoms with Crippen LogP contribution >= 0.6 is 0 Å². The zero-order valence-electron chi connectivity index (χ0n) is 16.9. The molecule has 0 fully saturated rings. The molecule has 0 aromatic rings. The molecule has 0 radical (unpaired) electrons. The van der Waals surface area contributed by atoms with Gasteiger partial charge in [0.15, 0.2) is 0 Å². The van der Waals surface area contributed by atoms with Gasteiger partial charge in [0.2, 0.25) is 0 Å². The summed E-state index contributed by atoms with van der Waals surface area (Å²) in [5.41, 5.74) is -4.72. The van der Waals surface area contributed by atoms with Crippen molar-refractivity contribution in [2.45, 2.75) is 104 Å². The fourth-order valence-electron chi connectivity index (χ4n) is 2.96. The molecule has 0 bridgehead atoms. The van der Waals surface area contributed by atoms with Crippen LogP contribution < -0.4 is 0 Å². The van der Waals surface area contributed by atoms with Crippen molar-refractivity contribution in [3.8, 4) is 0 Å². The molecule has 4 unspecified atom stereocenters. The number of hydrogen-bond donors (Lipinski definition) is 4. The lowest BCUT2D eigenvalue weighted by Crippen LogP contribution is -2.64. The van der Waals surface area contributed by atoms with Crippen molar-refractivity contribution in [3.63, 3.8) is 0 Å². The zero-order valence-corrected chi connectivity index (χ0v) is 16.9. The van der Waals surface area contributed by atoms with Crippen molar-refractivity contribution in [2.24, 2.45) is 0 Å². The number of nitrogens with zero attached hydrogens (tertiary/aromatic N) is 2. The van der Waals surface area contributed by atoms with Crippen LogP contribution in [0.25, 0.3) is 0 Å². The van der Waals surface area contributed by atoms with Crippen LogP contribution in [0.5, 0.6) is 0 Å². The molecular weight excluding hydrogens is 308 g/mol. The van der Waals surface area contributed by atoms with E-state index in [1.807, 2.05) is 27.7 Å². The van der Waals surface area contributed by atoms with Gasteiger partial charge in [0.25, 0.3) is 0 Å². The van der Waals surface area contributed by atoms with Gasteiger partial charge in [-0.3, -0.25) is 0 Å². The summed E-state index contributed by atoms with van der Waals surface area (Å²) in [6.07, 6.45) is 1.82. The van der Waals surface area contributed by atoms with E-state index in [1.165, 1.54) is 0 Å². The lowest BCUT2D eigenvalue weighted by molar-refractivity contribution is -0.246. The average Bonchev–Trinajstić information content (AvgIpc) is 2.50. The summed E-state index contributed by atoms with van der Waals surface area (Å²) in [7, 11) is 0. The SMILES string of the molecule is CCC(C)(O)N(CCN(C(C)(O)CC)C(C)(O)CC)C(C)(O)CC. The van der Waals surface area contributed by atoms with E-state index in [4.69, 9.17) is 0 Å². The van der Waals surface area contributed by atoms with E-state index < -0.39 is 22.9 Å². The highest BCUT2D eigenvalue weighted by atomic mass is 16.4. The second kappa shape index (κ2) is 8.43. The highest BCUT2D eigenvalue weighted by Crippen LogP contribution is 2.30. The minimum atomic E-state index is -1.18. The summed E-state index contributed by atoms with van der Waals surface area (Å²) in [6, 6.07) is 0. The third-order valence-corrected chi connectivity index (χ3v) is 5.55. The summed E-state index contributed by atoms with van der Waals surface area (Å²) < 4.78 is 0. The predicted octanol–water partition coefficient (Wildman–Crippen LogP) is 2.06. The van der Waals surface area contributed by atoms with Crippen LogP contribution in [0.4, 0.5) is 0 Å². The molecule has 0 amide bonds. The molecular formula is C18H40N2O4. The van der Waals surface area contributed by atoms with E-state index in [0.717, 1.165) is 0 Å². The van der Waals surface area contributed by atoms with E-state index in [0.29, 0.717) is 38.8 Å². The smallest absolute Gasteiger partial charge is 0.117 e. The van der Waals surface area contributed by atoms with Gasteiger partial charge in [-0.1, -0.05) is 27.7 Å². The van der Waals surface area contributed by atoms with Gasteiger partial charge in [0, 0.05) is 13.1 Å². The van der Waals surface area contributed by atoms with Crippen LogP contribution in [0, 0.1) is 0 Å². The van der Waals surface area contributed by atoms with Crippen molar-refractivity contribution >= 4 is 0 Å². The lowest BCUT2D eigenvalue weighted by Gasteiger charge is -2.50. The van der Waals surface area contributed by atoms with E-state index >= 15 is 0 Å². The lowest BCUT2D eigenvalue weighted by atomic mass is 10.0. The number of hydrogen-bond acceptors (Lipinski definition) is 6. The first-order valence-electron chi connectivity index (χ1n) is 9.16.